The topological polar surface area (TPSA) is 78.4 Å². The van der Waals surface area contributed by atoms with Crippen molar-refractivity contribution in [3.63, 3.8) is 0 Å². The monoisotopic (exact) mass is 346 g/mol. The van der Waals surface area contributed by atoms with Gasteiger partial charge in [-0.15, -0.1) is 0 Å². The second-order valence-corrected chi connectivity index (χ2v) is 5.25. The molecule has 0 radical (unpaired) electrons. The minimum atomic E-state index is -0.595. The van der Waals surface area contributed by atoms with Crippen LogP contribution in [0.1, 0.15) is 5.56 Å². The highest BCUT2D eigenvalue weighted by atomic mass is 35.5. The lowest BCUT2D eigenvalue weighted by Crippen LogP contribution is -2.00. The zero-order chi connectivity index (χ0) is 15.6. The number of nitro benzene ring substituents is 1. The summed E-state index contributed by atoms with van der Waals surface area (Å²) in [7, 11) is 0. The lowest BCUT2D eigenvalue weighted by atomic mass is 10.2. The number of rotatable bonds is 4. The van der Waals surface area contributed by atoms with E-state index in [1.165, 1.54) is 0 Å². The first-order chi connectivity index (χ1) is 9.93. The highest BCUT2D eigenvalue weighted by molar-refractivity contribution is 6.37. The number of nitrogens with two attached hydrogens (primary N) is 1. The Morgan fingerprint density at radius 3 is 2.24 bits per heavy atom. The average molecular weight is 348 g/mol. The number of hydrogen-bond donors (Lipinski definition) is 1. The number of para-hydroxylation sites is 1. The Hall–Kier alpha value is -1.53. The first-order valence-electron chi connectivity index (χ1n) is 5.72. The fourth-order valence-electron chi connectivity index (χ4n) is 1.68. The van der Waals surface area contributed by atoms with Gasteiger partial charge in [-0.2, -0.15) is 0 Å². The summed E-state index contributed by atoms with van der Waals surface area (Å²) >= 11 is 18.0. The average Bonchev–Trinajstić information content (AvgIpc) is 2.43. The molecule has 5 nitrogen and oxygen atoms in total. The first-order valence-corrected chi connectivity index (χ1v) is 6.86. The zero-order valence-corrected chi connectivity index (χ0v) is 12.7. The Morgan fingerprint density at radius 1 is 1.10 bits per heavy atom. The molecule has 0 aliphatic rings. The van der Waals surface area contributed by atoms with Crippen molar-refractivity contribution in [1.82, 2.24) is 0 Å². The van der Waals surface area contributed by atoms with Crippen LogP contribution in [0.4, 0.5) is 5.69 Å². The van der Waals surface area contributed by atoms with E-state index < -0.39 is 4.92 Å². The predicted octanol–water partition coefficient (Wildman–Crippen LogP) is 4.81. The van der Waals surface area contributed by atoms with Gasteiger partial charge in [0.05, 0.1) is 20.0 Å². The van der Waals surface area contributed by atoms with Crippen LogP contribution >= 0.6 is 34.8 Å². The lowest BCUT2D eigenvalue weighted by Gasteiger charge is -2.14. The highest BCUT2D eigenvalue weighted by Gasteiger charge is 2.18. The largest absolute Gasteiger partial charge is 0.452 e. The van der Waals surface area contributed by atoms with E-state index in [1.807, 2.05) is 0 Å². The maximum absolute atomic E-state index is 10.7. The Kier molecular flexibility index (Phi) is 4.90. The summed E-state index contributed by atoms with van der Waals surface area (Å²) in [5.41, 5.74) is 6.05. The van der Waals surface area contributed by atoms with Crippen molar-refractivity contribution in [3.05, 3.63) is 61.1 Å². The van der Waals surface area contributed by atoms with Crippen molar-refractivity contribution in [1.29, 1.82) is 0 Å². The molecule has 0 bridgehead atoms. The molecule has 2 rings (SSSR count). The fraction of sp³-hybridized carbons (Fsp3) is 0.0769. The molecule has 21 heavy (non-hydrogen) atoms. The molecular formula is C13H9Cl3N2O3. The van der Waals surface area contributed by atoms with Crippen LogP contribution in [0.2, 0.25) is 15.1 Å². The van der Waals surface area contributed by atoms with Crippen LogP contribution in [-0.4, -0.2) is 4.92 Å². The smallest absolute Gasteiger partial charge is 0.272 e. The quantitative estimate of drug-likeness (QED) is 0.636. The van der Waals surface area contributed by atoms with E-state index >= 15 is 0 Å². The van der Waals surface area contributed by atoms with E-state index in [9.17, 15) is 10.1 Å². The van der Waals surface area contributed by atoms with E-state index in [-0.39, 0.29) is 28.0 Å². The van der Waals surface area contributed by atoms with Crippen molar-refractivity contribution in [3.8, 4) is 11.5 Å². The number of halogens is 3. The minimum Gasteiger partial charge on any atom is -0.452 e. The second kappa shape index (κ2) is 6.49. The molecule has 0 fully saturated rings. The molecule has 2 N–H and O–H groups in total. The Balaban J connectivity index is 2.48. The van der Waals surface area contributed by atoms with Gasteiger partial charge in [-0.25, -0.2) is 0 Å². The summed E-state index contributed by atoms with van der Waals surface area (Å²) < 4.78 is 5.63. The number of benzene rings is 2. The van der Waals surface area contributed by atoms with Gasteiger partial charge in [0.25, 0.3) is 5.69 Å². The van der Waals surface area contributed by atoms with E-state index in [0.29, 0.717) is 16.3 Å². The van der Waals surface area contributed by atoms with Gasteiger partial charge in [-0.3, -0.25) is 10.1 Å². The van der Waals surface area contributed by atoms with E-state index in [2.05, 4.69) is 0 Å². The van der Waals surface area contributed by atoms with Gasteiger partial charge in [-0.1, -0.05) is 46.9 Å². The van der Waals surface area contributed by atoms with Gasteiger partial charge in [0.2, 0.25) is 0 Å². The molecule has 2 aromatic carbocycles. The van der Waals surface area contributed by atoms with Crippen LogP contribution in [0.25, 0.3) is 0 Å². The van der Waals surface area contributed by atoms with Gasteiger partial charge >= 0.3 is 0 Å². The molecule has 0 saturated heterocycles. The number of ether oxygens (including phenoxy) is 1. The second-order valence-electron chi connectivity index (χ2n) is 4.03. The van der Waals surface area contributed by atoms with Crippen LogP contribution in [0, 0.1) is 10.1 Å². The molecule has 0 saturated carbocycles. The van der Waals surface area contributed by atoms with Gasteiger partial charge in [0.15, 0.2) is 11.5 Å². The molecule has 0 atom stereocenters. The molecule has 0 aliphatic heterocycles. The molecule has 0 amide bonds. The third-order valence-electron chi connectivity index (χ3n) is 2.67. The molecule has 0 aliphatic carbocycles. The molecule has 0 heterocycles. The van der Waals surface area contributed by atoms with Gasteiger partial charge in [0, 0.05) is 24.2 Å². The van der Waals surface area contributed by atoms with Crippen LogP contribution < -0.4 is 10.5 Å². The number of non-ortho nitro benzene ring substituents is 1. The van der Waals surface area contributed by atoms with Crippen molar-refractivity contribution in [2.24, 2.45) is 5.73 Å². The molecule has 2 aromatic rings. The summed E-state index contributed by atoms with van der Waals surface area (Å²) in [5, 5.41) is 11.1. The van der Waals surface area contributed by atoms with Crippen LogP contribution in [0.15, 0.2) is 30.3 Å². The summed E-state index contributed by atoms with van der Waals surface area (Å²) in [6.07, 6.45) is 0. The van der Waals surface area contributed by atoms with Crippen molar-refractivity contribution >= 4 is 40.5 Å². The molecule has 110 valence electrons. The van der Waals surface area contributed by atoms with Gasteiger partial charge in [0.1, 0.15) is 0 Å². The third-order valence-corrected chi connectivity index (χ3v) is 3.53. The van der Waals surface area contributed by atoms with E-state index in [0.717, 1.165) is 12.1 Å². The van der Waals surface area contributed by atoms with Gasteiger partial charge < -0.3 is 10.5 Å². The number of nitro groups is 1. The maximum atomic E-state index is 10.7. The maximum Gasteiger partial charge on any atom is 0.272 e. The summed E-state index contributed by atoms with van der Waals surface area (Å²) in [6, 6.07) is 7.41. The van der Waals surface area contributed by atoms with Gasteiger partial charge in [-0.05, 0) is 6.07 Å². The molecule has 0 unspecified atom stereocenters. The van der Waals surface area contributed by atoms with Crippen LogP contribution in [0.3, 0.4) is 0 Å². The summed E-state index contributed by atoms with van der Waals surface area (Å²) in [4.78, 5) is 10.1. The Bertz CT molecular complexity index is 684. The SMILES string of the molecule is NCc1cccc(Cl)c1Oc1c(Cl)cc([N+](=O)[O-])cc1Cl. The Morgan fingerprint density at radius 2 is 1.71 bits per heavy atom. The highest BCUT2D eigenvalue weighted by Crippen LogP contribution is 2.42. The van der Waals surface area contributed by atoms with Crippen molar-refractivity contribution in [2.75, 3.05) is 0 Å². The van der Waals surface area contributed by atoms with E-state index in [4.69, 9.17) is 45.3 Å². The van der Waals surface area contributed by atoms with Crippen molar-refractivity contribution in [2.45, 2.75) is 6.54 Å². The fourth-order valence-corrected chi connectivity index (χ4v) is 2.47. The molecule has 0 spiro atoms. The summed E-state index contributed by atoms with van der Waals surface area (Å²) in [6.45, 7) is 0.206. The first kappa shape index (κ1) is 15.9. The molecule has 8 heteroatoms. The zero-order valence-electron chi connectivity index (χ0n) is 10.5. The third kappa shape index (κ3) is 3.39. The number of hydrogen-bond acceptors (Lipinski definition) is 4. The number of nitrogens with zero attached hydrogens (tertiary/aromatic N) is 1. The lowest BCUT2D eigenvalue weighted by molar-refractivity contribution is -0.384. The van der Waals surface area contributed by atoms with Crippen molar-refractivity contribution < 1.29 is 9.66 Å². The Labute approximate surface area is 135 Å². The van der Waals surface area contributed by atoms with E-state index in [1.54, 1.807) is 18.2 Å². The molecular weight excluding hydrogens is 339 g/mol. The molecule has 0 aromatic heterocycles. The predicted molar refractivity (Wildman–Crippen MR) is 82.5 cm³/mol. The van der Waals surface area contributed by atoms with Crippen LogP contribution in [0.5, 0.6) is 11.5 Å². The van der Waals surface area contributed by atoms with Crippen LogP contribution in [-0.2, 0) is 6.54 Å². The normalized spacial score (nSPS) is 10.5. The minimum absolute atomic E-state index is 0.0112. The standard InChI is InChI=1S/C13H9Cl3N2O3/c14-9-3-1-2-7(6-17)12(9)21-13-10(15)4-8(18(19)20)5-11(13)16/h1-5H,6,17H2. The summed E-state index contributed by atoms with van der Waals surface area (Å²) in [5.74, 6) is 0.408.